The number of ether oxygens (including phenoxy) is 2. The third-order valence-corrected chi connectivity index (χ3v) is 4.43. The molecule has 8 heteroatoms. The van der Waals surface area contributed by atoms with E-state index in [0.717, 1.165) is 0 Å². The van der Waals surface area contributed by atoms with Crippen LogP contribution < -0.4 is 15.6 Å². The van der Waals surface area contributed by atoms with Gasteiger partial charge in [0.15, 0.2) is 11.3 Å². The zero-order chi connectivity index (χ0) is 18.7. The van der Waals surface area contributed by atoms with Gasteiger partial charge >= 0.3 is 5.97 Å². The summed E-state index contributed by atoms with van der Waals surface area (Å²) >= 11 is 1.19. The van der Waals surface area contributed by atoms with E-state index >= 15 is 0 Å². The molecule has 0 saturated carbocycles. The van der Waals surface area contributed by atoms with Gasteiger partial charge in [-0.1, -0.05) is 12.1 Å². The lowest BCUT2D eigenvalue weighted by atomic mass is 10.1. The number of esters is 1. The Bertz CT molecular complexity index is 1040. The van der Waals surface area contributed by atoms with Crippen molar-refractivity contribution in [2.75, 3.05) is 19.0 Å². The first-order chi connectivity index (χ1) is 12.5. The van der Waals surface area contributed by atoms with Crippen LogP contribution in [-0.2, 0) is 4.74 Å². The van der Waals surface area contributed by atoms with Crippen LogP contribution in [-0.4, -0.2) is 25.6 Å². The predicted molar refractivity (Wildman–Crippen MR) is 96.8 cm³/mol. The van der Waals surface area contributed by atoms with Crippen LogP contribution in [0.5, 0.6) is 5.75 Å². The number of hydrogen-bond acceptors (Lipinski definition) is 7. The van der Waals surface area contributed by atoms with Crippen LogP contribution in [0.4, 0.5) is 5.00 Å². The molecule has 0 bridgehead atoms. The number of benzene rings is 1. The van der Waals surface area contributed by atoms with Crippen LogP contribution in [0.2, 0.25) is 0 Å². The molecule has 2 aromatic heterocycles. The van der Waals surface area contributed by atoms with Crippen molar-refractivity contribution >= 4 is 39.2 Å². The van der Waals surface area contributed by atoms with Gasteiger partial charge in [-0.2, -0.15) is 0 Å². The summed E-state index contributed by atoms with van der Waals surface area (Å²) in [5.74, 6) is -0.580. The van der Waals surface area contributed by atoms with E-state index in [-0.39, 0.29) is 16.7 Å². The molecular formula is C18H16N2O5S. The topological polar surface area (TPSA) is 102 Å². The Morgan fingerprint density at radius 2 is 2.08 bits per heavy atom. The van der Waals surface area contributed by atoms with Crippen LogP contribution >= 0.6 is 11.3 Å². The average Bonchev–Trinajstić information content (AvgIpc) is 3.09. The molecule has 0 aliphatic rings. The molecule has 0 aliphatic carbocycles. The first-order valence-corrected chi connectivity index (χ1v) is 8.64. The Morgan fingerprint density at radius 1 is 1.27 bits per heavy atom. The Morgan fingerprint density at radius 3 is 2.81 bits per heavy atom. The van der Waals surface area contributed by atoms with Crippen molar-refractivity contribution in [3.8, 4) is 5.75 Å². The highest BCUT2D eigenvalue weighted by atomic mass is 32.1. The fourth-order valence-corrected chi connectivity index (χ4v) is 3.19. The number of rotatable bonds is 5. The molecule has 3 aromatic rings. The highest BCUT2D eigenvalue weighted by Gasteiger charge is 2.18. The number of fused-ring (bicyclic) bond motifs is 1. The van der Waals surface area contributed by atoms with Crippen molar-refractivity contribution in [2.24, 2.45) is 0 Å². The molecule has 1 amide bonds. The van der Waals surface area contributed by atoms with Crippen LogP contribution in [0.1, 0.15) is 27.6 Å². The van der Waals surface area contributed by atoms with Gasteiger partial charge in [-0.15, -0.1) is 11.3 Å². The van der Waals surface area contributed by atoms with Gasteiger partial charge in [0, 0.05) is 5.39 Å². The smallest absolute Gasteiger partial charge is 0.340 e. The van der Waals surface area contributed by atoms with E-state index < -0.39 is 11.9 Å². The molecule has 0 saturated heterocycles. The summed E-state index contributed by atoms with van der Waals surface area (Å²) in [5.41, 5.74) is 0.421. The van der Waals surface area contributed by atoms with Crippen molar-refractivity contribution in [3.63, 3.8) is 0 Å². The van der Waals surface area contributed by atoms with Crippen LogP contribution in [0.15, 0.2) is 40.1 Å². The Kier molecular flexibility index (Phi) is 5.04. The van der Waals surface area contributed by atoms with E-state index in [1.165, 1.54) is 18.4 Å². The summed E-state index contributed by atoms with van der Waals surface area (Å²) in [7, 11) is 1.27. The second-order valence-electron chi connectivity index (χ2n) is 5.21. The second-order valence-corrected chi connectivity index (χ2v) is 6.12. The molecule has 0 radical (unpaired) electrons. The van der Waals surface area contributed by atoms with Gasteiger partial charge in [-0.3, -0.25) is 10.2 Å². The first-order valence-electron chi connectivity index (χ1n) is 7.76. The monoisotopic (exact) mass is 372 g/mol. The lowest BCUT2D eigenvalue weighted by molar-refractivity contribution is 0.0602. The number of methoxy groups -OCH3 is 1. The van der Waals surface area contributed by atoms with Crippen molar-refractivity contribution in [2.45, 2.75) is 6.92 Å². The number of anilines is 1. The number of nitrogens with one attached hydrogen (secondary N) is 2. The fraction of sp³-hybridized carbons (Fsp3) is 0.167. The molecule has 0 spiro atoms. The van der Waals surface area contributed by atoms with E-state index in [0.29, 0.717) is 28.3 Å². The number of para-hydroxylation sites is 1. The van der Waals surface area contributed by atoms with Gasteiger partial charge in [0.2, 0.25) is 5.55 Å². The molecule has 0 unspecified atom stereocenters. The molecule has 2 heterocycles. The Balaban J connectivity index is 1.97. The third kappa shape index (κ3) is 3.31. The van der Waals surface area contributed by atoms with Crippen LogP contribution in [0.25, 0.3) is 11.0 Å². The van der Waals surface area contributed by atoms with Crippen molar-refractivity contribution < 1.29 is 23.5 Å². The number of hydrogen-bond donors (Lipinski definition) is 2. The molecule has 7 nitrogen and oxygen atoms in total. The lowest BCUT2D eigenvalue weighted by Gasteiger charge is -2.09. The molecule has 3 rings (SSSR count). The van der Waals surface area contributed by atoms with Crippen LogP contribution in [0, 0.1) is 5.41 Å². The summed E-state index contributed by atoms with van der Waals surface area (Å²) in [4.78, 5) is 24.3. The minimum Gasteiger partial charge on any atom is -0.490 e. The SMILES string of the molecule is CCOc1cccc2cc(C(=O)Nc3sccc3C(=O)OC)c(=N)oc12. The van der Waals surface area contributed by atoms with E-state index in [4.69, 9.17) is 14.6 Å². The maximum Gasteiger partial charge on any atom is 0.340 e. The minimum atomic E-state index is -0.546. The number of carbonyl (C=O) groups excluding carboxylic acids is 2. The largest absolute Gasteiger partial charge is 0.490 e. The Labute approximate surface area is 152 Å². The molecule has 0 atom stereocenters. The van der Waals surface area contributed by atoms with Gasteiger partial charge in [0.25, 0.3) is 5.91 Å². The highest BCUT2D eigenvalue weighted by Crippen LogP contribution is 2.27. The van der Waals surface area contributed by atoms with Crippen molar-refractivity contribution in [3.05, 3.63) is 52.4 Å². The van der Waals surface area contributed by atoms with E-state index in [9.17, 15) is 9.59 Å². The fourth-order valence-electron chi connectivity index (χ4n) is 2.42. The molecule has 0 aliphatic heterocycles. The molecular weight excluding hydrogens is 356 g/mol. The van der Waals surface area contributed by atoms with Gasteiger partial charge in [-0.25, -0.2) is 4.79 Å². The van der Waals surface area contributed by atoms with Gasteiger partial charge < -0.3 is 19.2 Å². The Hall–Kier alpha value is -3.13. The van der Waals surface area contributed by atoms with Gasteiger partial charge in [-0.05, 0) is 30.5 Å². The van der Waals surface area contributed by atoms with Gasteiger partial charge in [0.05, 0.1) is 19.3 Å². The van der Waals surface area contributed by atoms with Crippen molar-refractivity contribution in [1.29, 1.82) is 5.41 Å². The van der Waals surface area contributed by atoms with Gasteiger partial charge in [0.1, 0.15) is 10.6 Å². The van der Waals surface area contributed by atoms with E-state index in [1.807, 2.05) is 6.92 Å². The summed E-state index contributed by atoms with van der Waals surface area (Å²) in [6.45, 7) is 2.31. The molecule has 26 heavy (non-hydrogen) atoms. The standard InChI is InChI=1S/C18H16N2O5S/c1-3-24-13-6-4-5-10-9-12(15(19)25-14(10)13)16(21)20-17-11(7-8-26-17)18(22)23-2/h4-9,19H,3H2,1-2H3,(H,20,21). The van der Waals surface area contributed by atoms with E-state index in [2.05, 4.69) is 10.1 Å². The number of carbonyl (C=O) groups is 2. The maximum atomic E-state index is 12.6. The number of amides is 1. The second kappa shape index (κ2) is 7.40. The highest BCUT2D eigenvalue weighted by molar-refractivity contribution is 7.14. The zero-order valence-electron chi connectivity index (χ0n) is 14.1. The minimum absolute atomic E-state index is 0.0513. The molecule has 2 N–H and O–H groups in total. The summed E-state index contributed by atoms with van der Waals surface area (Å²) in [6.07, 6.45) is 0. The quantitative estimate of drug-likeness (QED) is 0.668. The summed E-state index contributed by atoms with van der Waals surface area (Å²) < 4.78 is 15.7. The molecule has 0 fully saturated rings. The van der Waals surface area contributed by atoms with Crippen molar-refractivity contribution in [1.82, 2.24) is 0 Å². The first kappa shape index (κ1) is 17.7. The normalized spacial score (nSPS) is 10.5. The third-order valence-electron chi connectivity index (χ3n) is 3.60. The maximum absolute atomic E-state index is 12.6. The molecule has 1 aromatic carbocycles. The zero-order valence-corrected chi connectivity index (χ0v) is 14.9. The predicted octanol–water partition coefficient (Wildman–Crippen LogP) is 3.41. The number of thiophene rings is 1. The summed E-state index contributed by atoms with van der Waals surface area (Å²) in [6, 6.07) is 8.41. The summed E-state index contributed by atoms with van der Waals surface area (Å²) in [5, 5.41) is 13.3. The average molecular weight is 372 g/mol. The molecule has 134 valence electrons. The van der Waals surface area contributed by atoms with E-state index in [1.54, 1.807) is 35.7 Å². The lowest BCUT2D eigenvalue weighted by Crippen LogP contribution is -2.21. The van der Waals surface area contributed by atoms with Crippen LogP contribution in [0.3, 0.4) is 0 Å².